The molecular formula is C24H25N5OS. The first kappa shape index (κ1) is 20.0. The van der Waals surface area contributed by atoms with Gasteiger partial charge in [0.1, 0.15) is 5.82 Å². The fourth-order valence-electron chi connectivity index (χ4n) is 4.12. The maximum Gasteiger partial charge on any atom is 0.192 e. The topological polar surface area (TPSA) is 66.8 Å². The van der Waals surface area contributed by atoms with Gasteiger partial charge in [-0.25, -0.2) is 0 Å². The van der Waals surface area contributed by atoms with Gasteiger partial charge >= 0.3 is 0 Å². The van der Waals surface area contributed by atoms with E-state index < -0.39 is 0 Å². The Kier molecular flexibility index (Phi) is 5.86. The van der Waals surface area contributed by atoms with Crippen LogP contribution in [0.3, 0.4) is 0 Å². The van der Waals surface area contributed by atoms with Gasteiger partial charge in [-0.05, 0) is 37.6 Å². The highest BCUT2D eigenvalue weighted by molar-refractivity contribution is 7.99. The highest BCUT2D eigenvalue weighted by Gasteiger charge is 2.20. The summed E-state index contributed by atoms with van der Waals surface area (Å²) in [5.41, 5.74) is 2.92. The van der Waals surface area contributed by atoms with Crippen molar-refractivity contribution in [2.75, 3.05) is 18.8 Å². The molecule has 4 aromatic rings. The summed E-state index contributed by atoms with van der Waals surface area (Å²) >= 11 is 1.47. The lowest BCUT2D eigenvalue weighted by atomic mass is 10.1. The molecule has 0 unspecified atom stereocenters. The van der Waals surface area contributed by atoms with Gasteiger partial charge in [0.25, 0.3) is 0 Å². The fraction of sp³-hybridized carbons (Fsp3) is 0.292. The third kappa shape index (κ3) is 4.43. The zero-order valence-corrected chi connectivity index (χ0v) is 18.1. The average molecular weight is 432 g/mol. The molecule has 0 atom stereocenters. The highest BCUT2D eigenvalue weighted by atomic mass is 32.2. The molecule has 1 N–H and O–H groups in total. The quantitative estimate of drug-likeness (QED) is 0.331. The monoisotopic (exact) mass is 431 g/mol. The Morgan fingerprint density at radius 2 is 1.74 bits per heavy atom. The van der Waals surface area contributed by atoms with Crippen molar-refractivity contribution in [2.45, 2.75) is 31.1 Å². The van der Waals surface area contributed by atoms with Gasteiger partial charge in [-0.3, -0.25) is 9.69 Å². The summed E-state index contributed by atoms with van der Waals surface area (Å²) in [4.78, 5) is 18.6. The number of likely N-dealkylation sites (tertiary alicyclic amines) is 1. The molecule has 158 valence electrons. The number of nitrogens with one attached hydrogen (secondary N) is 1. The smallest absolute Gasteiger partial charge is 0.192 e. The largest absolute Gasteiger partial charge is 0.360 e. The molecule has 1 aliphatic rings. The van der Waals surface area contributed by atoms with E-state index >= 15 is 0 Å². The van der Waals surface area contributed by atoms with E-state index in [9.17, 15) is 4.79 Å². The number of Topliss-reactive ketones (excluding diaryl/α,β-unsaturated/α-hetero) is 1. The number of hydrogen-bond donors (Lipinski definition) is 1. The molecule has 1 fully saturated rings. The molecule has 31 heavy (non-hydrogen) atoms. The first-order valence-corrected chi connectivity index (χ1v) is 11.7. The third-order valence-electron chi connectivity index (χ3n) is 5.76. The van der Waals surface area contributed by atoms with Crippen molar-refractivity contribution in [2.24, 2.45) is 0 Å². The molecule has 2 aromatic heterocycles. The van der Waals surface area contributed by atoms with Gasteiger partial charge in [0, 0.05) is 22.7 Å². The molecule has 0 radical (unpaired) electrons. The van der Waals surface area contributed by atoms with Crippen LogP contribution >= 0.6 is 11.8 Å². The highest BCUT2D eigenvalue weighted by Crippen LogP contribution is 2.24. The average Bonchev–Trinajstić information content (AvgIpc) is 3.54. The van der Waals surface area contributed by atoms with Crippen LogP contribution in [0.1, 0.15) is 34.6 Å². The van der Waals surface area contributed by atoms with Gasteiger partial charge in [0.05, 0.1) is 18.8 Å². The Bertz CT molecular complexity index is 1180. The van der Waals surface area contributed by atoms with Crippen LogP contribution in [0.25, 0.3) is 10.9 Å². The number of benzene rings is 2. The van der Waals surface area contributed by atoms with Crippen LogP contribution in [0.15, 0.2) is 66.0 Å². The van der Waals surface area contributed by atoms with Gasteiger partial charge in [0.2, 0.25) is 0 Å². The van der Waals surface area contributed by atoms with E-state index in [1.807, 2.05) is 42.5 Å². The molecule has 5 rings (SSSR count). The SMILES string of the molecule is O=C(CSc1nnc(CN2CCCC2)n1Cc1ccccc1)c1c[nH]c2ccccc12. The Labute approximate surface area is 185 Å². The van der Waals surface area contributed by atoms with E-state index in [0.29, 0.717) is 12.3 Å². The second-order valence-corrected chi connectivity index (χ2v) is 8.86. The van der Waals surface area contributed by atoms with Crippen LogP contribution in [-0.4, -0.2) is 49.3 Å². The molecule has 0 bridgehead atoms. The minimum atomic E-state index is 0.0952. The number of aromatic amines is 1. The van der Waals surface area contributed by atoms with Gasteiger partial charge in [-0.1, -0.05) is 60.3 Å². The second kappa shape index (κ2) is 9.08. The lowest BCUT2D eigenvalue weighted by Crippen LogP contribution is -2.21. The van der Waals surface area contributed by atoms with Crippen LogP contribution in [0.5, 0.6) is 0 Å². The van der Waals surface area contributed by atoms with E-state index in [1.165, 1.54) is 30.2 Å². The summed E-state index contributed by atoms with van der Waals surface area (Å²) in [6.45, 7) is 3.73. The third-order valence-corrected chi connectivity index (χ3v) is 6.73. The van der Waals surface area contributed by atoms with Crippen molar-refractivity contribution in [3.8, 4) is 0 Å². The normalized spacial score (nSPS) is 14.5. The molecule has 7 heteroatoms. The molecule has 3 heterocycles. The number of carbonyl (C=O) groups excluding carboxylic acids is 1. The van der Waals surface area contributed by atoms with E-state index in [-0.39, 0.29) is 5.78 Å². The van der Waals surface area contributed by atoms with E-state index in [4.69, 9.17) is 0 Å². The molecule has 1 saturated heterocycles. The number of thioether (sulfide) groups is 1. The Morgan fingerprint density at radius 3 is 2.58 bits per heavy atom. The van der Waals surface area contributed by atoms with Crippen molar-refractivity contribution in [1.82, 2.24) is 24.6 Å². The standard InChI is InChI=1S/C24H25N5OS/c30-22(20-14-25-21-11-5-4-10-19(20)21)17-31-24-27-26-23(16-28-12-6-7-13-28)29(24)15-18-8-2-1-3-9-18/h1-5,8-11,14,25H,6-7,12-13,15-17H2. The molecule has 0 aliphatic carbocycles. The molecular weight excluding hydrogens is 406 g/mol. The number of carbonyl (C=O) groups is 1. The summed E-state index contributed by atoms with van der Waals surface area (Å²) in [5, 5.41) is 10.7. The second-order valence-electron chi connectivity index (χ2n) is 7.91. The summed E-state index contributed by atoms with van der Waals surface area (Å²) in [6.07, 6.45) is 4.29. The molecule has 0 amide bonds. The van der Waals surface area contributed by atoms with Crippen molar-refractivity contribution in [1.29, 1.82) is 0 Å². The van der Waals surface area contributed by atoms with E-state index in [0.717, 1.165) is 47.1 Å². The number of H-pyrrole nitrogens is 1. The molecule has 1 aliphatic heterocycles. The zero-order chi connectivity index (χ0) is 21.0. The van der Waals surface area contributed by atoms with E-state index in [2.05, 4.69) is 36.8 Å². The Morgan fingerprint density at radius 1 is 0.968 bits per heavy atom. The number of hydrogen-bond acceptors (Lipinski definition) is 5. The molecule has 6 nitrogen and oxygen atoms in total. The minimum absolute atomic E-state index is 0.0952. The van der Waals surface area contributed by atoms with Gasteiger partial charge < -0.3 is 9.55 Å². The predicted octanol–water partition coefficient (Wildman–Crippen LogP) is 4.38. The van der Waals surface area contributed by atoms with Crippen molar-refractivity contribution in [3.63, 3.8) is 0 Å². The van der Waals surface area contributed by atoms with Gasteiger partial charge in [-0.2, -0.15) is 0 Å². The molecule has 2 aromatic carbocycles. The number of ketones is 1. The number of nitrogens with zero attached hydrogens (tertiary/aromatic N) is 4. The molecule has 0 spiro atoms. The first-order chi connectivity index (χ1) is 15.3. The van der Waals surface area contributed by atoms with Crippen LogP contribution in [-0.2, 0) is 13.1 Å². The fourth-order valence-corrected chi connectivity index (χ4v) is 4.96. The maximum atomic E-state index is 12.9. The maximum absolute atomic E-state index is 12.9. The number of fused-ring (bicyclic) bond motifs is 1. The van der Waals surface area contributed by atoms with Gasteiger partial charge in [-0.15, -0.1) is 10.2 Å². The summed E-state index contributed by atoms with van der Waals surface area (Å²) < 4.78 is 2.17. The van der Waals surface area contributed by atoms with Crippen LogP contribution in [0.2, 0.25) is 0 Å². The lowest BCUT2D eigenvalue weighted by molar-refractivity contribution is 0.102. The van der Waals surface area contributed by atoms with Crippen LogP contribution in [0.4, 0.5) is 0 Å². The number of aromatic nitrogens is 4. The Hall–Kier alpha value is -2.90. The number of rotatable bonds is 8. The van der Waals surface area contributed by atoms with Crippen LogP contribution < -0.4 is 0 Å². The van der Waals surface area contributed by atoms with Crippen LogP contribution in [0, 0.1) is 0 Å². The minimum Gasteiger partial charge on any atom is -0.360 e. The summed E-state index contributed by atoms with van der Waals surface area (Å²) in [6, 6.07) is 18.3. The molecule has 0 saturated carbocycles. The Balaban J connectivity index is 1.36. The zero-order valence-electron chi connectivity index (χ0n) is 17.3. The van der Waals surface area contributed by atoms with Crippen molar-refractivity contribution < 1.29 is 4.79 Å². The summed E-state index contributed by atoms with van der Waals surface area (Å²) in [5.74, 6) is 1.39. The number of para-hydroxylation sites is 1. The van der Waals surface area contributed by atoms with E-state index in [1.54, 1.807) is 6.20 Å². The lowest BCUT2D eigenvalue weighted by Gasteiger charge is -2.16. The summed E-state index contributed by atoms with van der Waals surface area (Å²) in [7, 11) is 0. The first-order valence-electron chi connectivity index (χ1n) is 10.7. The van der Waals surface area contributed by atoms with Crippen molar-refractivity contribution in [3.05, 3.63) is 77.7 Å². The van der Waals surface area contributed by atoms with Gasteiger partial charge in [0.15, 0.2) is 10.9 Å². The van der Waals surface area contributed by atoms with Crippen molar-refractivity contribution >= 4 is 28.4 Å². The predicted molar refractivity (Wildman–Crippen MR) is 123 cm³/mol.